The summed E-state index contributed by atoms with van der Waals surface area (Å²) in [6, 6.07) is 14.8. The summed E-state index contributed by atoms with van der Waals surface area (Å²) in [5, 5.41) is 20.9. The van der Waals surface area contributed by atoms with Gasteiger partial charge in [0.1, 0.15) is 11.4 Å². The van der Waals surface area contributed by atoms with Gasteiger partial charge in [0.05, 0.1) is 12.6 Å². The molecule has 0 spiro atoms. The van der Waals surface area contributed by atoms with Crippen molar-refractivity contribution in [3.05, 3.63) is 77.2 Å². The first-order valence-electron chi connectivity index (χ1n) is 12.5. The molecule has 1 amide bonds. The van der Waals surface area contributed by atoms with Crippen LogP contribution in [-0.2, 0) is 11.8 Å². The molecule has 3 N–H and O–H groups in total. The monoisotopic (exact) mass is 513 g/mol. The Morgan fingerprint density at radius 1 is 1.11 bits per heavy atom. The van der Waals surface area contributed by atoms with Crippen LogP contribution in [0, 0.1) is 0 Å². The highest BCUT2D eigenvalue weighted by atomic mass is 16.5. The van der Waals surface area contributed by atoms with E-state index in [4.69, 9.17) is 9.51 Å². The Hall–Kier alpha value is -4.31. The molecule has 1 aliphatic heterocycles. The lowest BCUT2D eigenvalue weighted by Gasteiger charge is -2.25. The van der Waals surface area contributed by atoms with E-state index in [0.29, 0.717) is 35.3 Å². The van der Waals surface area contributed by atoms with Crippen LogP contribution in [0.2, 0.25) is 0 Å². The number of hydrogen-bond acceptors (Lipinski definition) is 9. The molecule has 3 heterocycles. The van der Waals surface area contributed by atoms with Gasteiger partial charge in [-0.15, -0.1) is 0 Å². The van der Waals surface area contributed by atoms with E-state index in [1.807, 2.05) is 76.3 Å². The number of carbonyl (C=O) groups is 1. The van der Waals surface area contributed by atoms with E-state index >= 15 is 0 Å². The predicted molar refractivity (Wildman–Crippen MR) is 144 cm³/mol. The summed E-state index contributed by atoms with van der Waals surface area (Å²) in [7, 11) is 1.81. The minimum absolute atomic E-state index is 0.0232. The van der Waals surface area contributed by atoms with Crippen LogP contribution >= 0.6 is 0 Å². The summed E-state index contributed by atoms with van der Waals surface area (Å²) in [5.41, 5.74) is 3.60. The van der Waals surface area contributed by atoms with Crippen LogP contribution in [-0.4, -0.2) is 56.2 Å². The minimum Gasteiger partial charge on any atom is -0.394 e. The molecule has 2 aromatic heterocycles. The molecule has 2 aromatic carbocycles. The lowest BCUT2D eigenvalue weighted by Crippen LogP contribution is -2.34. The summed E-state index contributed by atoms with van der Waals surface area (Å²) < 4.78 is 5.58. The zero-order chi connectivity index (χ0) is 26.9. The number of aromatic nitrogens is 4. The van der Waals surface area contributed by atoms with E-state index < -0.39 is 6.04 Å². The van der Waals surface area contributed by atoms with Gasteiger partial charge >= 0.3 is 0 Å². The number of anilines is 3. The Labute approximate surface area is 221 Å². The van der Waals surface area contributed by atoms with Crippen molar-refractivity contribution in [2.24, 2.45) is 0 Å². The minimum atomic E-state index is -0.422. The fourth-order valence-corrected chi connectivity index (χ4v) is 4.24. The molecule has 0 saturated carbocycles. The molecular formula is C28H31N7O3. The fraction of sp³-hybridized carbons (Fsp3) is 0.321. The number of aliphatic hydroxyl groups excluding tert-OH is 1. The summed E-state index contributed by atoms with van der Waals surface area (Å²) >= 11 is 0. The lowest BCUT2D eigenvalue weighted by molar-refractivity contribution is 0.0781. The maximum Gasteiger partial charge on any atom is 0.263 e. The standard InChI is InChI=1S/C28H31N7O3/c1-28(2,3)26-33-24(38-34-26)21-15-29-27(32-23(21)31-22(16-36)17-8-6-5-7-9-17)30-19-10-11-20-18(14-19)12-13-35(4)25(20)37/h5-11,14-15,22,36H,12-13,16H2,1-4H3,(H2,29,30,31,32)/t22-/m1/s1. The molecule has 0 aliphatic carbocycles. The first-order valence-corrected chi connectivity index (χ1v) is 12.5. The molecule has 10 nitrogen and oxygen atoms in total. The van der Waals surface area contributed by atoms with Crippen LogP contribution in [0.5, 0.6) is 0 Å². The van der Waals surface area contributed by atoms with Crippen LogP contribution in [0.4, 0.5) is 17.5 Å². The third-order valence-corrected chi connectivity index (χ3v) is 6.47. The Balaban J connectivity index is 1.49. The van der Waals surface area contributed by atoms with Crippen molar-refractivity contribution >= 4 is 23.4 Å². The molecular weight excluding hydrogens is 482 g/mol. The van der Waals surface area contributed by atoms with Gasteiger partial charge < -0.3 is 25.2 Å². The van der Waals surface area contributed by atoms with Crippen molar-refractivity contribution < 1.29 is 14.4 Å². The average Bonchev–Trinajstić information content (AvgIpc) is 3.41. The van der Waals surface area contributed by atoms with Crippen molar-refractivity contribution in [3.8, 4) is 11.5 Å². The molecule has 10 heteroatoms. The molecule has 196 valence electrons. The molecule has 0 bridgehead atoms. The third kappa shape index (κ3) is 5.21. The summed E-state index contributed by atoms with van der Waals surface area (Å²) in [6.45, 7) is 6.54. The van der Waals surface area contributed by atoms with Crippen LogP contribution in [0.1, 0.15) is 54.1 Å². The molecule has 38 heavy (non-hydrogen) atoms. The summed E-state index contributed by atoms with van der Waals surface area (Å²) in [4.78, 5) is 28.0. The normalized spacial score (nSPS) is 14.2. The van der Waals surface area contributed by atoms with E-state index in [9.17, 15) is 9.90 Å². The van der Waals surface area contributed by atoms with Gasteiger partial charge in [-0.05, 0) is 35.7 Å². The number of hydrogen-bond donors (Lipinski definition) is 3. The number of carbonyl (C=O) groups excluding carboxylic acids is 1. The first-order chi connectivity index (χ1) is 18.2. The number of rotatable bonds is 7. The zero-order valence-electron chi connectivity index (χ0n) is 21.9. The quantitative estimate of drug-likeness (QED) is 0.330. The van der Waals surface area contributed by atoms with Crippen LogP contribution in [0.3, 0.4) is 0 Å². The van der Waals surface area contributed by atoms with Crippen molar-refractivity contribution in [2.75, 3.05) is 30.8 Å². The first kappa shape index (κ1) is 25.3. The molecule has 0 saturated heterocycles. The van der Waals surface area contributed by atoms with Crippen molar-refractivity contribution in [1.82, 2.24) is 25.0 Å². The molecule has 0 fully saturated rings. The average molecular weight is 514 g/mol. The van der Waals surface area contributed by atoms with Gasteiger partial charge in [-0.1, -0.05) is 56.3 Å². The van der Waals surface area contributed by atoms with Gasteiger partial charge in [0, 0.05) is 36.5 Å². The number of nitrogens with zero attached hydrogens (tertiary/aromatic N) is 5. The van der Waals surface area contributed by atoms with E-state index in [0.717, 1.165) is 23.2 Å². The maximum atomic E-state index is 12.4. The molecule has 1 aliphatic rings. The number of fused-ring (bicyclic) bond motifs is 1. The van der Waals surface area contributed by atoms with Gasteiger partial charge in [-0.2, -0.15) is 9.97 Å². The van der Waals surface area contributed by atoms with Crippen LogP contribution in [0.15, 0.2) is 59.3 Å². The summed E-state index contributed by atoms with van der Waals surface area (Å²) in [6.07, 6.45) is 2.40. The third-order valence-electron chi connectivity index (χ3n) is 6.47. The van der Waals surface area contributed by atoms with Gasteiger partial charge in [-0.25, -0.2) is 4.98 Å². The highest BCUT2D eigenvalue weighted by molar-refractivity contribution is 5.97. The molecule has 4 aromatic rings. The predicted octanol–water partition coefficient (Wildman–Crippen LogP) is 4.34. The van der Waals surface area contributed by atoms with Crippen molar-refractivity contribution in [1.29, 1.82) is 0 Å². The Bertz CT molecular complexity index is 1450. The molecule has 5 rings (SSSR count). The topological polar surface area (TPSA) is 129 Å². The lowest BCUT2D eigenvalue weighted by atomic mass is 9.96. The molecule has 0 unspecified atom stereocenters. The zero-order valence-corrected chi connectivity index (χ0v) is 21.9. The number of amides is 1. The second kappa shape index (κ2) is 10.2. The van der Waals surface area contributed by atoms with Crippen molar-refractivity contribution in [3.63, 3.8) is 0 Å². The molecule has 1 atom stereocenters. The number of aliphatic hydroxyl groups is 1. The Kier molecular flexibility index (Phi) is 6.81. The van der Waals surface area contributed by atoms with Crippen LogP contribution < -0.4 is 10.6 Å². The second-order valence-corrected chi connectivity index (χ2v) is 10.4. The smallest absolute Gasteiger partial charge is 0.263 e. The number of nitrogens with one attached hydrogen (secondary N) is 2. The van der Waals surface area contributed by atoms with Gasteiger partial charge in [0.25, 0.3) is 11.8 Å². The van der Waals surface area contributed by atoms with E-state index in [1.54, 1.807) is 11.1 Å². The van der Waals surface area contributed by atoms with Gasteiger partial charge in [0.2, 0.25) is 5.95 Å². The fourth-order valence-electron chi connectivity index (χ4n) is 4.24. The maximum absolute atomic E-state index is 12.4. The largest absolute Gasteiger partial charge is 0.394 e. The summed E-state index contributed by atoms with van der Waals surface area (Å²) in [5.74, 6) is 1.65. The SMILES string of the molecule is CN1CCc2cc(Nc3ncc(-c4nc(C(C)(C)C)no4)c(N[C@H](CO)c4ccccc4)n3)ccc2C1=O. The highest BCUT2D eigenvalue weighted by Crippen LogP contribution is 2.31. The van der Waals surface area contributed by atoms with E-state index in [2.05, 4.69) is 25.8 Å². The van der Waals surface area contributed by atoms with Gasteiger partial charge in [-0.3, -0.25) is 4.79 Å². The second-order valence-electron chi connectivity index (χ2n) is 10.4. The number of likely N-dealkylation sites (N-methyl/N-ethyl adjacent to an activating group) is 1. The van der Waals surface area contributed by atoms with Crippen LogP contribution in [0.25, 0.3) is 11.5 Å². The highest BCUT2D eigenvalue weighted by Gasteiger charge is 2.25. The van der Waals surface area contributed by atoms with Gasteiger partial charge in [0.15, 0.2) is 5.82 Å². The van der Waals surface area contributed by atoms with E-state index in [1.165, 1.54) is 0 Å². The number of benzene rings is 2. The molecule has 0 radical (unpaired) electrons. The van der Waals surface area contributed by atoms with Crippen molar-refractivity contribution in [2.45, 2.75) is 38.6 Å². The Morgan fingerprint density at radius 2 is 1.89 bits per heavy atom. The van der Waals surface area contributed by atoms with E-state index in [-0.39, 0.29) is 23.8 Å². The Morgan fingerprint density at radius 3 is 2.61 bits per heavy atom.